The molecular weight excluding hydrogens is 470 g/mol. The minimum atomic E-state index is 0.545. The van der Waals surface area contributed by atoms with Crippen molar-refractivity contribution in [2.24, 2.45) is 0 Å². The van der Waals surface area contributed by atoms with Crippen LogP contribution in [-0.4, -0.2) is 33.3 Å². The number of piperidine rings is 1. The lowest BCUT2D eigenvalue weighted by atomic mass is 10.0. The molecular formula is C32H29N5O. The van der Waals surface area contributed by atoms with Gasteiger partial charge in [-0.05, 0) is 72.4 Å². The Hall–Kier alpha value is -4.58. The van der Waals surface area contributed by atoms with Crippen molar-refractivity contribution in [3.63, 3.8) is 0 Å². The first kappa shape index (κ1) is 22.6. The molecule has 0 bridgehead atoms. The summed E-state index contributed by atoms with van der Waals surface area (Å²) in [6, 6.07) is 29.3. The van der Waals surface area contributed by atoms with Crippen molar-refractivity contribution < 1.29 is 4.74 Å². The summed E-state index contributed by atoms with van der Waals surface area (Å²) in [5, 5.41) is 10.1. The molecule has 6 nitrogen and oxygen atoms in total. The molecule has 0 saturated carbocycles. The molecule has 6 heteroatoms. The highest BCUT2D eigenvalue weighted by atomic mass is 16.5. The van der Waals surface area contributed by atoms with E-state index in [1.165, 1.54) is 24.9 Å². The molecule has 0 atom stereocenters. The van der Waals surface area contributed by atoms with Gasteiger partial charge >= 0.3 is 0 Å². The van der Waals surface area contributed by atoms with Crippen LogP contribution in [0.3, 0.4) is 0 Å². The number of hydrogen-bond donors (Lipinski definition) is 2. The average molecular weight is 500 g/mol. The third-order valence-electron chi connectivity index (χ3n) is 7.44. The summed E-state index contributed by atoms with van der Waals surface area (Å²) in [5.74, 6) is 0.853. The van der Waals surface area contributed by atoms with Gasteiger partial charge < -0.3 is 14.6 Å². The zero-order valence-electron chi connectivity index (χ0n) is 21.2. The number of nitrogens with one attached hydrogen (secondary N) is 2. The van der Waals surface area contributed by atoms with Crippen LogP contribution in [0.5, 0.6) is 5.75 Å². The normalized spacial score (nSPS) is 13.8. The number of rotatable bonds is 6. The molecule has 1 aliphatic heterocycles. The molecule has 188 valence electrons. The number of ether oxygens (including phenoxy) is 1. The molecule has 0 amide bonds. The Morgan fingerprint density at radius 2 is 1.66 bits per heavy atom. The average Bonchev–Trinajstić information content (AvgIpc) is 3.61. The number of aromatic nitrogens is 4. The molecule has 6 aromatic rings. The van der Waals surface area contributed by atoms with Crippen LogP contribution in [0.15, 0.2) is 91.1 Å². The fourth-order valence-electron chi connectivity index (χ4n) is 5.46. The Morgan fingerprint density at radius 3 is 2.55 bits per heavy atom. The standard InChI is InChI=1S/C32H29N5O/c1-3-8-22(9-4-1)21-38-25-11-7-10-23(18-25)24-12-13-28-26(19-24)31(36-35-28)29-20-27-30(14-15-33-32(27)34-29)37-16-5-2-6-17-37/h1,3-4,7-15,18-20H,2,5-6,16-17,21H2,(H,33,34)(H,35,36). The first-order chi connectivity index (χ1) is 18.8. The first-order valence-corrected chi connectivity index (χ1v) is 13.3. The molecule has 4 heterocycles. The Labute approximate surface area is 221 Å². The minimum absolute atomic E-state index is 0.545. The molecule has 3 aromatic heterocycles. The lowest BCUT2D eigenvalue weighted by Crippen LogP contribution is -2.29. The van der Waals surface area contributed by atoms with Crippen LogP contribution in [0.1, 0.15) is 24.8 Å². The summed E-state index contributed by atoms with van der Waals surface area (Å²) < 4.78 is 6.08. The van der Waals surface area contributed by atoms with Gasteiger partial charge in [0.25, 0.3) is 0 Å². The van der Waals surface area contributed by atoms with Crippen molar-refractivity contribution >= 4 is 27.6 Å². The molecule has 7 rings (SSSR count). The van der Waals surface area contributed by atoms with Crippen LogP contribution in [-0.2, 0) is 6.61 Å². The zero-order chi connectivity index (χ0) is 25.3. The largest absolute Gasteiger partial charge is 0.489 e. The van der Waals surface area contributed by atoms with Gasteiger partial charge in [-0.25, -0.2) is 4.98 Å². The van der Waals surface area contributed by atoms with Crippen LogP contribution in [0.4, 0.5) is 5.69 Å². The molecule has 0 unspecified atom stereocenters. The van der Waals surface area contributed by atoms with E-state index in [1.54, 1.807) is 0 Å². The van der Waals surface area contributed by atoms with E-state index < -0.39 is 0 Å². The maximum atomic E-state index is 6.08. The third-order valence-corrected chi connectivity index (χ3v) is 7.44. The van der Waals surface area contributed by atoms with Crippen molar-refractivity contribution in [2.75, 3.05) is 18.0 Å². The summed E-state index contributed by atoms with van der Waals surface area (Å²) in [4.78, 5) is 10.6. The number of fused-ring (bicyclic) bond motifs is 2. The maximum absolute atomic E-state index is 6.08. The second-order valence-corrected chi connectivity index (χ2v) is 9.96. The van der Waals surface area contributed by atoms with Gasteiger partial charge in [-0.15, -0.1) is 0 Å². The van der Waals surface area contributed by atoms with Gasteiger partial charge in [-0.1, -0.05) is 48.5 Å². The number of hydrogen-bond acceptors (Lipinski definition) is 4. The number of H-pyrrole nitrogens is 2. The van der Waals surface area contributed by atoms with Crippen molar-refractivity contribution in [1.82, 2.24) is 20.2 Å². The monoisotopic (exact) mass is 499 g/mol. The fraction of sp³-hybridized carbons (Fsp3) is 0.188. The molecule has 0 aliphatic carbocycles. The van der Waals surface area contributed by atoms with E-state index in [4.69, 9.17) is 9.84 Å². The van der Waals surface area contributed by atoms with Crippen LogP contribution in [0.2, 0.25) is 0 Å². The van der Waals surface area contributed by atoms with Gasteiger partial charge in [-0.3, -0.25) is 5.10 Å². The van der Waals surface area contributed by atoms with Gasteiger partial charge in [-0.2, -0.15) is 5.10 Å². The topological polar surface area (TPSA) is 69.8 Å². The second kappa shape index (κ2) is 9.71. The lowest BCUT2D eigenvalue weighted by Gasteiger charge is -2.29. The molecule has 1 aliphatic rings. The Kier molecular flexibility index (Phi) is 5.77. The fourth-order valence-corrected chi connectivity index (χ4v) is 5.46. The molecule has 2 N–H and O–H groups in total. The number of anilines is 1. The SMILES string of the molecule is c1ccc(COc2cccc(-c3ccc4[nH]nc(-c5cc6c(N7CCCCC7)ccnc6[nH]5)c4c3)c2)cc1. The molecule has 38 heavy (non-hydrogen) atoms. The van der Waals surface area contributed by atoms with E-state index in [0.717, 1.165) is 68.9 Å². The van der Waals surface area contributed by atoms with Gasteiger partial charge in [0, 0.05) is 35.7 Å². The Morgan fingerprint density at radius 1 is 0.789 bits per heavy atom. The maximum Gasteiger partial charge on any atom is 0.139 e. The lowest BCUT2D eigenvalue weighted by molar-refractivity contribution is 0.306. The van der Waals surface area contributed by atoms with Gasteiger partial charge in [0.1, 0.15) is 23.7 Å². The van der Waals surface area contributed by atoms with Crippen molar-refractivity contribution in [2.45, 2.75) is 25.9 Å². The van der Waals surface area contributed by atoms with E-state index in [0.29, 0.717) is 6.61 Å². The molecule has 0 radical (unpaired) electrons. The van der Waals surface area contributed by atoms with Crippen LogP contribution in [0, 0.1) is 0 Å². The summed E-state index contributed by atoms with van der Waals surface area (Å²) in [7, 11) is 0. The summed E-state index contributed by atoms with van der Waals surface area (Å²) in [5.41, 5.74) is 8.41. The van der Waals surface area contributed by atoms with Crippen LogP contribution >= 0.6 is 0 Å². The van der Waals surface area contributed by atoms with Crippen LogP contribution < -0.4 is 9.64 Å². The summed E-state index contributed by atoms with van der Waals surface area (Å²) in [6.07, 6.45) is 5.70. The third kappa shape index (κ3) is 4.28. The summed E-state index contributed by atoms with van der Waals surface area (Å²) in [6.45, 7) is 2.74. The van der Waals surface area contributed by atoms with Gasteiger partial charge in [0.15, 0.2) is 0 Å². The molecule has 1 saturated heterocycles. The zero-order valence-corrected chi connectivity index (χ0v) is 21.2. The van der Waals surface area contributed by atoms with E-state index in [-0.39, 0.29) is 0 Å². The van der Waals surface area contributed by atoms with Crippen molar-refractivity contribution in [3.05, 3.63) is 96.7 Å². The number of nitrogens with zero attached hydrogens (tertiary/aromatic N) is 3. The smallest absolute Gasteiger partial charge is 0.139 e. The van der Waals surface area contributed by atoms with Gasteiger partial charge in [0.05, 0.1) is 11.2 Å². The van der Waals surface area contributed by atoms with E-state index in [1.807, 2.05) is 36.5 Å². The van der Waals surface area contributed by atoms with E-state index in [9.17, 15) is 0 Å². The molecule has 0 spiro atoms. The highest BCUT2D eigenvalue weighted by Gasteiger charge is 2.18. The van der Waals surface area contributed by atoms with E-state index in [2.05, 4.69) is 74.6 Å². The minimum Gasteiger partial charge on any atom is -0.489 e. The molecule has 3 aromatic carbocycles. The van der Waals surface area contributed by atoms with Crippen molar-refractivity contribution in [1.29, 1.82) is 0 Å². The number of benzene rings is 3. The predicted octanol–water partition coefficient (Wildman–Crippen LogP) is 7.34. The first-order valence-electron chi connectivity index (χ1n) is 13.3. The quantitative estimate of drug-likeness (QED) is 0.251. The summed E-state index contributed by atoms with van der Waals surface area (Å²) >= 11 is 0. The number of pyridine rings is 1. The van der Waals surface area contributed by atoms with Crippen LogP contribution in [0.25, 0.3) is 44.5 Å². The van der Waals surface area contributed by atoms with Gasteiger partial charge in [0.2, 0.25) is 0 Å². The predicted molar refractivity (Wildman–Crippen MR) is 153 cm³/mol. The highest BCUT2D eigenvalue weighted by molar-refractivity contribution is 5.99. The second-order valence-electron chi connectivity index (χ2n) is 9.96. The highest BCUT2D eigenvalue weighted by Crippen LogP contribution is 2.35. The molecule has 1 fully saturated rings. The Balaban J connectivity index is 1.22. The Bertz CT molecular complexity index is 1710. The van der Waals surface area contributed by atoms with E-state index >= 15 is 0 Å². The number of aromatic amines is 2. The van der Waals surface area contributed by atoms with Crippen molar-refractivity contribution in [3.8, 4) is 28.3 Å².